The number of likely N-dealkylation sites (tertiary alicyclic amines) is 1. The summed E-state index contributed by atoms with van der Waals surface area (Å²) in [6.07, 6.45) is 6.02. The molecule has 1 aliphatic heterocycles. The minimum Gasteiger partial charge on any atom is -0.361 e. The number of nitrogens with one attached hydrogen (secondary N) is 1. The van der Waals surface area contributed by atoms with Gasteiger partial charge in [-0.15, -0.1) is 0 Å². The first-order chi connectivity index (χ1) is 11.8. The molecule has 6 nitrogen and oxygen atoms in total. The maximum absolute atomic E-state index is 4.47. The van der Waals surface area contributed by atoms with Crippen LogP contribution in [0.15, 0.2) is 42.9 Å². The predicted molar refractivity (Wildman–Crippen MR) is 94.8 cm³/mol. The van der Waals surface area contributed by atoms with Crippen molar-refractivity contribution in [3.8, 4) is 0 Å². The number of hydrogen-bond donors (Lipinski definition) is 1. The van der Waals surface area contributed by atoms with Gasteiger partial charge in [-0.25, -0.2) is 9.97 Å². The lowest BCUT2D eigenvalue weighted by atomic mass is 10.1. The van der Waals surface area contributed by atoms with Gasteiger partial charge in [-0.2, -0.15) is 5.10 Å². The molecule has 0 saturated carbocycles. The van der Waals surface area contributed by atoms with Crippen molar-refractivity contribution in [1.82, 2.24) is 24.6 Å². The first kappa shape index (κ1) is 15.1. The molecule has 1 aliphatic rings. The summed E-state index contributed by atoms with van der Waals surface area (Å²) in [7, 11) is 1.90. The van der Waals surface area contributed by atoms with E-state index in [0.717, 1.165) is 23.4 Å². The van der Waals surface area contributed by atoms with Gasteiger partial charge >= 0.3 is 0 Å². The largest absolute Gasteiger partial charge is 0.361 e. The van der Waals surface area contributed by atoms with Crippen LogP contribution in [0.4, 0.5) is 5.82 Å². The Balaban J connectivity index is 1.65. The normalized spacial score (nSPS) is 16.5. The van der Waals surface area contributed by atoms with E-state index in [4.69, 9.17) is 0 Å². The smallest absolute Gasteiger partial charge is 0.163 e. The third-order valence-electron chi connectivity index (χ3n) is 4.68. The van der Waals surface area contributed by atoms with Crippen LogP contribution >= 0.6 is 0 Å². The molecular formula is C18H22N6. The van der Waals surface area contributed by atoms with Crippen molar-refractivity contribution in [3.63, 3.8) is 0 Å². The van der Waals surface area contributed by atoms with Crippen LogP contribution in [0.1, 0.15) is 24.4 Å². The minimum absolute atomic E-state index is 0.197. The molecule has 0 radical (unpaired) electrons. The number of aryl methyl sites for hydroxylation is 1. The second-order valence-electron chi connectivity index (χ2n) is 6.34. The average molecular weight is 322 g/mol. The van der Waals surface area contributed by atoms with Crippen molar-refractivity contribution in [1.29, 1.82) is 0 Å². The third-order valence-corrected chi connectivity index (χ3v) is 4.68. The van der Waals surface area contributed by atoms with Gasteiger partial charge in [-0.05, 0) is 31.5 Å². The summed E-state index contributed by atoms with van der Waals surface area (Å²) in [6.45, 7) is 3.34. The Morgan fingerprint density at radius 1 is 1.12 bits per heavy atom. The van der Waals surface area contributed by atoms with Gasteiger partial charge in [0.25, 0.3) is 0 Å². The number of nitrogens with zero attached hydrogens (tertiary/aromatic N) is 5. The van der Waals surface area contributed by atoms with Crippen LogP contribution in [0.3, 0.4) is 0 Å². The molecule has 3 aromatic rings. The van der Waals surface area contributed by atoms with E-state index in [0.29, 0.717) is 0 Å². The Kier molecular flexibility index (Phi) is 4.13. The van der Waals surface area contributed by atoms with Crippen LogP contribution in [-0.4, -0.2) is 44.3 Å². The molecule has 3 heterocycles. The standard InChI is InChI=1S/C18H22N6/c1-23-18-15(11-21-23)17(19-13-20-18)22-16(12-24-9-5-6-10-24)14-7-3-2-4-8-14/h2-4,7-8,11,13,16H,5-6,9-10,12H2,1H3,(H,19,20,22)/t16-/m0/s1. The summed E-state index contributed by atoms with van der Waals surface area (Å²) >= 11 is 0. The molecule has 24 heavy (non-hydrogen) atoms. The summed E-state index contributed by atoms with van der Waals surface area (Å²) < 4.78 is 1.78. The molecule has 6 heteroatoms. The van der Waals surface area contributed by atoms with Crippen molar-refractivity contribution in [2.45, 2.75) is 18.9 Å². The van der Waals surface area contributed by atoms with Crippen LogP contribution < -0.4 is 5.32 Å². The highest BCUT2D eigenvalue weighted by molar-refractivity contribution is 5.86. The van der Waals surface area contributed by atoms with E-state index in [1.54, 1.807) is 11.0 Å². The Hall–Kier alpha value is -2.47. The second kappa shape index (κ2) is 6.57. The quantitative estimate of drug-likeness (QED) is 0.782. The van der Waals surface area contributed by atoms with Gasteiger partial charge in [-0.3, -0.25) is 4.68 Å². The van der Waals surface area contributed by atoms with Crippen molar-refractivity contribution < 1.29 is 0 Å². The number of rotatable bonds is 5. The predicted octanol–water partition coefficient (Wildman–Crippen LogP) is 2.61. The van der Waals surface area contributed by atoms with Crippen LogP contribution in [0.5, 0.6) is 0 Å². The van der Waals surface area contributed by atoms with Gasteiger partial charge in [0, 0.05) is 13.6 Å². The van der Waals surface area contributed by atoms with E-state index < -0.39 is 0 Å². The SMILES string of the molecule is Cn1ncc2c(N[C@@H](CN3CCCC3)c3ccccc3)ncnc21. The summed E-state index contributed by atoms with van der Waals surface area (Å²) in [5, 5.41) is 8.90. The van der Waals surface area contributed by atoms with Crippen LogP contribution in [0, 0.1) is 0 Å². The molecule has 0 bridgehead atoms. The number of fused-ring (bicyclic) bond motifs is 1. The summed E-state index contributed by atoms with van der Waals surface area (Å²) in [5.74, 6) is 0.848. The molecule has 1 N–H and O–H groups in total. The van der Waals surface area contributed by atoms with Crippen LogP contribution in [0.2, 0.25) is 0 Å². The second-order valence-corrected chi connectivity index (χ2v) is 6.34. The molecule has 0 unspecified atom stereocenters. The first-order valence-electron chi connectivity index (χ1n) is 8.48. The van der Waals surface area contributed by atoms with E-state index in [9.17, 15) is 0 Å². The zero-order chi connectivity index (χ0) is 16.4. The molecule has 1 aromatic carbocycles. The zero-order valence-electron chi connectivity index (χ0n) is 13.9. The summed E-state index contributed by atoms with van der Waals surface area (Å²) in [5.41, 5.74) is 2.13. The van der Waals surface area contributed by atoms with Crippen molar-refractivity contribution in [2.75, 3.05) is 25.0 Å². The fraction of sp³-hybridized carbons (Fsp3) is 0.389. The Morgan fingerprint density at radius 2 is 1.92 bits per heavy atom. The van der Waals surface area contributed by atoms with Crippen LogP contribution in [-0.2, 0) is 7.05 Å². The highest BCUT2D eigenvalue weighted by Crippen LogP contribution is 2.25. The molecule has 0 spiro atoms. The lowest BCUT2D eigenvalue weighted by molar-refractivity contribution is 0.323. The van der Waals surface area contributed by atoms with Crippen LogP contribution in [0.25, 0.3) is 11.0 Å². The monoisotopic (exact) mass is 322 g/mol. The van der Waals surface area contributed by atoms with Gasteiger partial charge in [0.05, 0.1) is 17.6 Å². The van der Waals surface area contributed by atoms with Gasteiger partial charge in [0.1, 0.15) is 12.1 Å². The maximum Gasteiger partial charge on any atom is 0.163 e. The molecular weight excluding hydrogens is 300 g/mol. The maximum atomic E-state index is 4.47. The van der Waals surface area contributed by atoms with Crippen molar-refractivity contribution in [3.05, 3.63) is 48.4 Å². The van der Waals surface area contributed by atoms with Gasteiger partial charge < -0.3 is 10.2 Å². The first-order valence-corrected chi connectivity index (χ1v) is 8.48. The Labute approximate surface area is 141 Å². The van der Waals surface area contributed by atoms with E-state index in [-0.39, 0.29) is 6.04 Å². The van der Waals surface area contributed by atoms with Crippen molar-refractivity contribution in [2.24, 2.45) is 7.05 Å². The Bertz CT molecular complexity index is 807. The average Bonchev–Trinajstić information content (AvgIpc) is 3.26. The van der Waals surface area contributed by atoms with Crippen molar-refractivity contribution >= 4 is 16.9 Å². The molecule has 1 saturated heterocycles. The number of benzene rings is 1. The number of hydrogen-bond acceptors (Lipinski definition) is 5. The summed E-state index contributed by atoms with van der Waals surface area (Å²) in [6, 6.07) is 10.8. The fourth-order valence-electron chi connectivity index (χ4n) is 3.39. The summed E-state index contributed by atoms with van der Waals surface area (Å²) in [4.78, 5) is 11.3. The van der Waals surface area contributed by atoms with Gasteiger partial charge in [0.15, 0.2) is 5.65 Å². The zero-order valence-corrected chi connectivity index (χ0v) is 13.9. The fourth-order valence-corrected chi connectivity index (χ4v) is 3.39. The Morgan fingerprint density at radius 3 is 2.71 bits per heavy atom. The molecule has 0 aliphatic carbocycles. The lowest BCUT2D eigenvalue weighted by Crippen LogP contribution is -2.29. The minimum atomic E-state index is 0.197. The highest BCUT2D eigenvalue weighted by Gasteiger charge is 2.20. The highest BCUT2D eigenvalue weighted by atomic mass is 15.3. The molecule has 4 rings (SSSR count). The van der Waals surface area contributed by atoms with Gasteiger partial charge in [-0.1, -0.05) is 30.3 Å². The lowest BCUT2D eigenvalue weighted by Gasteiger charge is -2.25. The molecule has 1 atom stereocenters. The van der Waals surface area contributed by atoms with E-state index in [1.807, 2.05) is 13.2 Å². The van der Waals surface area contributed by atoms with E-state index in [1.165, 1.54) is 31.5 Å². The van der Waals surface area contributed by atoms with E-state index in [2.05, 4.69) is 55.6 Å². The molecule has 124 valence electrons. The third kappa shape index (κ3) is 2.97. The van der Waals surface area contributed by atoms with Gasteiger partial charge in [0.2, 0.25) is 0 Å². The molecule has 1 fully saturated rings. The topological polar surface area (TPSA) is 58.9 Å². The molecule has 0 amide bonds. The number of aromatic nitrogens is 4. The number of anilines is 1. The molecule has 2 aromatic heterocycles. The van der Waals surface area contributed by atoms with E-state index >= 15 is 0 Å².